The van der Waals surface area contributed by atoms with Crippen LogP contribution in [-0.2, 0) is 5.75 Å². The fourth-order valence-electron chi connectivity index (χ4n) is 2.00. The first-order valence-corrected chi connectivity index (χ1v) is 8.34. The molecule has 0 fully saturated rings. The highest BCUT2D eigenvalue weighted by atomic mass is 32.2. The summed E-state index contributed by atoms with van der Waals surface area (Å²) in [6.07, 6.45) is 0. The molecule has 1 atom stereocenters. The van der Waals surface area contributed by atoms with Crippen LogP contribution >= 0.6 is 11.8 Å². The highest BCUT2D eigenvalue weighted by Gasteiger charge is 2.16. The summed E-state index contributed by atoms with van der Waals surface area (Å²) in [5.74, 6) is 0.940. The van der Waals surface area contributed by atoms with Gasteiger partial charge in [-0.05, 0) is 36.8 Å². The minimum Gasteiger partial charge on any atom is -0.338 e. The molecule has 0 aliphatic carbocycles. The minimum absolute atomic E-state index is 0.0116. The predicted octanol–water partition coefficient (Wildman–Crippen LogP) is 3.40. The van der Waals surface area contributed by atoms with E-state index in [9.17, 15) is 4.79 Å². The maximum Gasteiger partial charge on any atom is 0.253 e. The van der Waals surface area contributed by atoms with Gasteiger partial charge in [-0.3, -0.25) is 4.79 Å². The molecule has 0 spiro atoms. The van der Waals surface area contributed by atoms with Gasteiger partial charge < -0.3 is 10.6 Å². The number of thioether (sulfide) groups is 1. The van der Waals surface area contributed by atoms with Gasteiger partial charge in [-0.15, -0.1) is 11.8 Å². The highest BCUT2D eigenvalue weighted by molar-refractivity contribution is 7.98. The van der Waals surface area contributed by atoms with E-state index in [0.29, 0.717) is 12.1 Å². The number of rotatable bonds is 6. The standard InChI is InChI=1S/C18H22N2OS/c1-14(12-19)20(2)18(21)16-8-10-17(11-9-16)22-13-15-6-4-3-5-7-15/h3-11,14H,12-13,19H2,1-2H3. The second-order valence-electron chi connectivity index (χ2n) is 5.30. The first kappa shape index (κ1) is 16.6. The van der Waals surface area contributed by atoms with E-state index >= 15 is 0 Å². The van der Waals surface area contributed by atoms with Crippen LogP contribution in [0.15, 0.2) is 59.5 Å². The zero-order valence-electron chi connectivity index (χ0n) is 13.0. The summed E-state index contributed by atoms with van der Waals surface area (Å²) < 4.78 is 0. The highest BCUT2D eigenvalue weighted by Crippen LogP contribution is 2.23. The van der Waals surface area contributed by atoms with E-state index in [2.05, 4.69) is 12.1 Å². The molecule has 1 unspecified atom stereocenters. The lowest BCUT2D eigenvalue weighted by Crippen LogP contribution is -2.39. The molecule has 2 aromatic rings. The molecule has 4 heteroatoms. The molecule has 2 N–H and O–H groups in total. The van der Waals surface area contributed by atoms with Crippen molar-refractivity contribution in [1.82, 2.24) is 4.90 Å². The average molecular weight is 314 g/mol. The van der Waals surface area contributed by atoms with Crippen molar-refractivity contribution in [2.45, 2.75) is 23.6 Å². The Kier molecular flexibility index (Phi) is 6.04. The number of likely N-dealkylation sites (N-methyl/N-ethyl adjacent to an activating group) is 1. The zero-order valence-corrected chi connectivity index (χ0v) is 13.8. The Bertz CT molecular complexity index is 598. The SMILES string of the molecule is CC(CN)N(C)C(=O)c1ccc(SCc2ccccc2)cc1. The molecule has 116 valence electrons. The summed E-state index contributed by atoms with van der Waals surface area (Å²) >= 11 is 1.77. The number of nitrogens with zero attached hydrogens (tertiary/aromatic N) is 1. The predicted molar refractivity (Wildman–Crippen MR) is 93.1 cm³/mol. The van der Waals surface area contributed by atoms with Crippen molar-refractivity contribution < 1.29 is 4.79 Å². The van der Waals surface area contributed by atoms with E-state index in [1.807, 2.05) is 49.4 Å². The Morgan fingerprint density at radius 3 is 2.36 bits per heavy atom. The van der Waals surface area contributed by atoms with Crippen molar-refractivity contribution >= 4 is 17.7 Å². The minimum atomic E-state index is 0.0116. The molecule has 0 aliphatic heterocycles. The molecule has 0 saturated carbocycles. The Hall–Kier alpha value is -1.78. The van der Waals surface area contributed by atoms with Gasteiger partial charge in [-0.1, -0.05) is 30.3 Å². The van der Waals surface area contributed by atoms with Crippen molar-refractivity contribution in [1.29, 1.82) is 0 Å². The lowest BCUT2D eigenvalue weighted by molar-refractivity contribution is 0.0748. The molecule has 22 heavy (non-hydrogen) atoms. The quantitative estimate of drug-likeness (QED) is 0.831. The van der Waals surface area contributed by atoms with Gasteiger partial charge in [0.2, 0.25) is 0 Å². The van der Waals surface area contributed by atoms with Crippen LogP contribution in [-0.4, -0.2) is 30.4 Å². The van der Waals surface area contributed by atoms with Crippen molar-refractivity contribution in [3.05, 3.63) is 65.7 Å². The van der Waals surface area contributed by atoms with Crippen LogP contribution in [0.1, 0.15) is 22.8 Å². The van der Waals surface area contributed by atoms with Gasteiger partial charge in [-0.2, -0.15) is 0 Å². The van der Waals surface area contributed by atoms with E-state index in [4.69, 9.17) is 5.73 Å². The lowest BCUT2D eigenvalue weighted by Gasteiger charge is -2.23. The number of nitrogens with two attached hydrogens (primary N) is 1. The molecule has 0 aromatic heterocycles. The van der Waals surface area contributed by atoms with E-state index in [1.165, 1.54) is 5.56 Å². The molecule has 2 aromatic carbocycles. The fraction of sp³-hybridized carbons (Fsp3) is 0.278. The second kappa shape index (κ2) is 8.01. The normalized spacial score (nSPS) is 12.0. The van der Waals surface area contributed by atoms with Crippen molar-refractivity contribution in [2.24, 2.45) is 5.73 Å². The fourth-order valence-corrected chi connectivity index (χ4v) is 2.85. The Morgan fingerprint density at radius 2 is 1.77 bits per heavy atom. The maximum absolute atomic E-state index is 12.3. The van der Waals surface area contributed by atoms with Crippen molar-refractivity contribution in [3.63, 3.8) is 0 Å². The van der Waals surface area contributed by atoms with E-state index in [-0.39, 0.29) is 11.9 Å². The lowest BCUT2D eigenvalue weighted by atomic mass is 10.2. The van der Waals surface area contributed by atoms with Gasteiger partial charge in [0.1, 0.15) is 0 Å². The molecule has 3 nitrogen and oxygen atoms in total. The largest absolute Gasteiger partial charge is 0.338 e. The van der Waals surface area contributed by atoms with Crippen LogP contribution in [0.3, 0.4) is 0 Å². The summed E-state index contributed by atoms with van der Waals surface area (Å²) in [6.45, 7) is 2.41. The van der Waals surface area contributed by atoms with Crippen molar-refractivity contribution in [2.75, 3.05) is 13.6 Å². The third kappa shape index (κ3) is 4.36. The molecule has 0 heterocycles. The smallest absolute Gasteiger partial charge is 0.253 e. The van der Waals surface area contributed by atoms with E-state index in [0.717, 1.165) is 10.6 Å². The molecule has 0 aliphatic rings. The van der Waals surface area contributed by atoms with Crippen LogP contribution in [0.25, 0.3) is 0 Å². The third-order valence-corrected chi connectivity index (χ3v) is 4.76. The zero-order chi connectivity index (χ0) is 15.9. The molecule has 0 bridgehead atoms. The number of benzene rings is 2. The molecular formula is C18H22N2OS. The average Bonchev–Trinajstić information content (AvgIpc) is 2.59. The van der Waals surface area contributed by atoms with Crippen LogP contribution in [0.5, 0.6) is 0 Å². The maximum atomic E-state index is 12.3. The first-order valence-electron chi connectivity index (χ1n) is 7.36. The van der Waals surface area contributed by atoms with Gasteiger partial charge in [0, 0.05) is 35.8 Å². The van der Waals surface area contributed by atoms with Crippen LogP contribution < -0.4 is 5.73 Å². The van der Waals surface area contributed by atoms with Gasteiger partial charge in [0.05, 0.1) is 0 Å². The topological polar surface area (TPSA) is 46.3 Å². The van der Waals surface area contributed by atoms with Crippen LogP contribution in [0.2, 0.25) is 0 Å². The number of amides is 1. The van der Waals surface area contributed by atoms with E-state index in [1.54, 1.807) is 23.7 Å². The van der Waals surface area contributed by atoms with Crippen molar-refractivity contribution in [3.8, 4) is 0 Å². The third-order valence-electron chi connectivity index (χ3n) is 3.67. The number of carbonyl (C=O) groups is 1. The van der Waals surface area contributed by atoms with Crippen LogP contribution in [0.4, 0.5) is 0 Å². The van der Waals surface area contributed by atoms with Gasteiger partial charge in [0.25, 0.3) is 5.91 Å². The molecule has 0 radical (unpaired) electrons. The molecule has 1 amide bonds. The summed E-state index contributed by atoms with van der Waals surface area (Å²) in [7, 11) is 1.79. The summed E-state index contributed by atoms with van der Waals surface area (Å²) in [6, 6.07) is 18.2. The molecule has 0 saturated heterocycles. The first-order chi connectivity index (χ1) is 10.6. The number of carbonyl (C=O) groups excluding carboxylic acids is 1. The summed E-state index contributed by atoms with van der Waals surface area (Å²) in [5.41, 5.74) is 7.61. The van der Waals surface area contributed by atoms with Gasteiger partial charge in [0.15, 0.2) is 0 Å². The molecule has 2 rings (SSSR count). The monoisotopic (exact) mass is 314 g/mol. The van der Waals surface area contributed by atoms with Gasteiger partial charge in [-0.25, -0.2) is 0 Å². The Labute approximate surface area is 136 Å². The number of hydrogen-bond donors (Lipinski definition) is 1. The molecular weight excluding hydrogens is 292 g/mol. The number of hydrogen-bond acceptors (Lipinski definition) is 3. The van der Waals surface area contributed by atoms with Gasteiger partial charge >= 0.3 is 0 Å². The summed E-state index contributed by atoms with van der Waals surface area (Å²) in [5, 5.41) is 0. The Balaban J connectivity index is 1.97. The summed E-state index contributed by atoms with van der Waals surface area (Å²) in [4.78, 5) is 15.1. The van der Waals surface area contributed by atoms with E-state index < -0.39 is 0 Å². The Morgan fingerprint density at radius 1 is 1.14 bits per heavy atom. The van der Waals surface area contributed by atoms with Crippen LogP contribution in [0, 0.1) is 0 Å². The second-order valence-corrected chi connectivity index (χ2v) is 6.35.